The fraction of sp³-hybridized carbons (Fsp3) is 0.952. The number of aliphatic hydroxyl groups is 1. The van der Waals surface area contributed by atoms with Gasteiger partial charge in [0.2, 0.25) is 0 Å². The SMILES string of the molecule is CCCCCCCCCOC(=O)CCCCCCCN(C)CCCO. The summed E-state index contributed by atoms with van der Waals surface area (Å²) in [6.45, 7) is 5.19. The number of hydrogen-bond donors (Lipinski definition) is 1. The van der Waals surface area contributed by atoms with Crippen LogP contribution in [0.15, 0.2) is 0 Å². The number of ether oxygens (including phenoxy) is 1. The largest absolute Gasteiger partial charge is 0.466 e. The Labute approximate surface area is 156 Å². The van der Waals surface area contributed by atoms with Crippen molar-refractivity contribution in [1.29, 1.82) is 0 Å². The fourth-order valence-electron chi connectivity index (χ4n) is 2.95. The Kier molecular flexibility index (Phi) is 19.2. The quantitative estimate of drug-likeness (QED) is 0.263. The normalized spacial score (nSPS) is 11.2. The van der Waals surface area contributed by atoms with E-state index in [0.717, 1.165) is 38.8 Å². The predicted octanol–water partition coefficient (Wildman–Crippen LogP) is 4.94. The highest BCUT2D eigenvalue weighted by Crippen LogP contribution is 2.09. The number of carbonyl (C=O) groups excluding carboxylic acids is 1. The van der Waals surface area contributed by atoms with Crippen molar-refractivity contribution in [3.05, 3.63) is 0 Å². The lowest BCUT2D eigenvalue weighted by molar-refractivity contribution is -0.143. The van der Waals surface area contributed by atoms with E-state index in [2.05, 4.69) is 18.9 Å². The number of esters is 1. The monoisotopic (exact) mass is 357 g/mol. The molecule has 0 amide bonds. The third kappa shape index (κ3) is 19.6. The molecule has 4 nitrogen and oxygen atoms in total. The molecule has 0 aliphatic carbocycles. The van der Waals surface area contributed by atoms with Gasteiger partial charge in [-0.1, -0.05) is 64.7 Å². The van der Waals surface area contributed by atoms with E-state index in [-0.39, 0.29) is 12.6 Å². The lowest BCUT2D eigenvalue weighted by Crippen LogP contribution is -2.21. The first-order valence-electron chi connectivity index (χ1n) is 10.7. The van der Waals surface area contributed by atoms with Gasteiger partial charge in [-0.25, -0.2) is 0 Å². The van der Waals surface area contributed by atoms with Crippen LogP contribution >= 0.6 is 0 Å². The highest BCUT2D eigenvalue weighted by atomic mass is 16.5. The molecule has 0 rings (SSSR count). The first-order valence-corrected chi connectivity index (χ1v) is 10.7. The van der Waals surface area contributed by atoms with Crippen LogP contribution in [0.3, 0.4) is 0 Å². The van der Waals surface area contributed by atoms with Crippen LogP contribution in [0.1, 0.15) is 96.8 Å². The van der Waals surface area contributed by atoms with E-state index in [9.17, 15) is 4.79 Å². The van der Waals surface area contributed by atoms with Gasteiger partial charge in [-0.3, -0.25) is 4.79 Å². The third-order valence-corrected chi connectivity index (χ3v) is 4.63. The van der Waals surface area contributed by atoms with Crippen LogP contribution in [-0.2, 0) is 9.53 Å². The topological polar surface area (TPSA) is 49.8 Å². The van der Waals surface area contributed by atoms with Gasteiger partial charge in [0, 0.05) is 19.6 Å². The molecule has 0 aliphatic rings. The molecule has 0 radical (unpaired) electrons. The summed E-state index contributed by atoms with van der Waals surface area (Å²) in [6, 6.07) is 0. The number of nitrogens with zero attached hydrogens (tertiary/aromatic N) is 1. The van der Waals surface area contributed by atoms with Crippen molar-refractivity contribution in [3.63, 3.8) is 0 Å². The minimum atomic E-state index is -0.0188. The Morgan fingerprint density at radius 1 is 0.800 bits per heavy atom. The van der Waals surface area contributed by atoms with Gasteiger partial charge >= 0.3 is 5.97 Å². The minimum absolute atomic E-state index is 0.0188. The number of unbranched alkanes of at least 4 members (excludes halogenated alkanes) is 10. The van der Waals surface area contributed by atoms with Gasteiger partial charge in [-0.15, -0.1) is 0 Å². The highest BCUT2D eigenvalue weighted by Gasteiger charge is 2.03. The van der Waals surface area contributed by atoms with Gasteiger partial charge in [0.05, 0.1) is 6.61 Å². The second-order valence-electron chi connectivity index (χ2n) is 7.24. The Bertz CT molecular complexity index is 284. The molecule has 0 unspecified atom stereocenters. The third-order valence-electron chi connectivity index (χ3n) is 4.63. The minimum Gasteiger partial charge on any atom is -0.466 e. The lowest BCUT2D eigenvalue weighted by atomic mass is 10.1. The van der Waals surface area contributed by atoms with Gasteiger partial charge < -0.3 is 14.7 Å². The van der Waals surface area contributed by atoms with E-state index in [1.807, 2.05) is 0 Å². The zero-order chi connectivity index (χ0) is 18.6. The average Bonchev–Trinajstić information content (AvgIpc) is 2.61. The molecule has 0 heterocycles. The number of rotatable bonds is 19. The molecule has 25 heavy (non-hydrogen) atoms. The molecule has 150 valence electrons. The summed E-state index contributed by atoms with van der Waals surface area (Å²) in [5.41, 5.74) is 0. The van der Waals surface area contributed by atoms with Crippen LogP contribution in [-0.4, -0.2) is 49.3 Å². The van der Waals surface area contributed by atoms with Gasteiger partial charge in [-0.05, 0) is 39.3 Å². The van der Waals surface area contributed by atoms with Crippen LogP contribution in [0.25, 0.3) is 0 Å². The number of carbonyl (C=O) groups is 1. The second kappa shape index (κ2) is 19.7. The molecule has 0 saturated carbocycles. The highest BCUT2D eigenvalue weighted by molar-refractivity contribution is 5.69. The Balaban J connectivity index is 3.22. The first kappa shape index (κ1) is 24.4. The van der Waals surface area contributed by atoms with Crippen molar-refractivity contribution in [2.24, 2.45) is 0 Å². The maximum atomic E-state index is 11.6. The molecule has 0 aromatic heterocycles. The van der Waals surface area contributed by atoms with Crippen LogP contribution in [0, 0.1) is 0 Å². The van der Waals surface area contributed by atoms with Crippen molar-refractivity contribution in [3.8, 4) is 0 Å². The summed E-state index contributed by atoms with van der Waals surface area (Å²) >= 11 is 0. The van der Waals surface area contributed by atoms with Crippen molar-refractivity contribution in [2.45, 2.75) is 96.8 Å². The molecule has 0 spiro atoms. The summed E-state index contributed by atoms with van der Waals surface area (Å²) in [4.78, 5) is 13.9. The molecule has 4 heteroatoms. The number of hydrogen-bond acceptors (Lipinski definition) is 4. The zero-order valence-corrected chi connectivity index (χ0v) is 16.9. The van der Waals surface area contributed by atoms with Crippen LogP contribution < -0.4 is 0 Å². The second-order valence-corrected chi connectivity index (χ2v) is 7.24. The maximum Gasteiger partial charge on any atom is 0.305 e. The van der Waals surface area contributed by atoms with Crippen molar-refractivity contribution in [1.82, 2.24) is 4.90 Å². The van der Waals surface area contributed by atoms with Crippen molar-refractivity contribution < 1.29 is 14.6 Å². The van der Waals surface area contributed by atoms with Gasteiger partial charge in [0.25, 0.3) is 0 Å². The molecular formula is C21H43NO3. The Hall–Kier alpha value is -0.610. The fourth-order valence-corrected chi connectivity index (χ4v) is 2.95. The van der Waals surface area contributed by atoms with E-state index < -0.39 is 0 Å². The van der Waals surface area contributed by atoms with Crippen molar-refractivity contribution >= 4 is 5.97 Å². The van der Waals surface area contributed by atoms with Crippen LogP contribution in [0.4, 0.5) is 0 Å². The summed E-state index contributed by atoms with van der Waals surface area (Å²) in [5.74, 6) is -0.0188. The molecule has 0 saturated heterocycles. The first-order chi connectivity index (χ1) is 12.2. The molecule has 0 aliphatic heterocycles. The van der Waals surface area contributed by atoms with Crippen LogP contribution in [0.2, 0.25) is 0 Å². The van der Waals surface area contributed by atoms with E-state index in [0.29, 0.717) is 13.0 Å². The van der Waals surface area contributed by atoms with E-state index in [1.165, 1.54) is 57.8 Å². The Morgan fingerprint density at radius 2 is 1.36 bits per heavy atom. The molecular weight excluding hydrogens is 314 g/mol. The zero-order valence-electron chi connectivity index (χ0n) is 16.9. The molecule has 0 fully saturated rings. The molecule has 1 N–H and O–H groups in total. The average molecular weight is 358 g/mol. The molecule has 0 aromatic rings. The summed E-state index contributed by atoms with van der Waals surface area (Å²) in [6.07, 6.45) is 15.9. The van der Waals surface area contributed by atoms with E-state index >= 15 is 0 Å². The lowest BCUT2D eigenvalue weighted by Gasteiger charge is -2.15. The van der Waals surface area contributed by atoms with Crippen molar-refractivity contribution in [2.75, 3.05) is 33.4 Å². The molecule has 0 atom stereocenters. The van der Waals surface area contributed by atoms with Gasteiger partial charge in [0.15, 0.2) is 0 Å². The summed E-state index contributed by atoms with van der Waals surface area (Å²) in [5, 5.41) is 8.78. The smallest absolute Gasteiger partial charge is 0.305 e. The molecule has 0 bridgehead atoms. The van der Waals surface area contributed by atoms with Crippen LogP contribution in [0.5, 0.6) is 0 Å². The summed E-state index contributed by atoms with van der Waals surface area (Å²) in [7, 11) is 2.11. The standard InChI is InChI=1S/C21H43NO3/c1-3-4-5-6-7-11-14-20-25-21(24)16-12-9-8-10-13-17-22(2)18-15-19-23/h23H,3-20H2,1-2H3. The summed E-state index contributed by atoms with van der Waals surface area (Å²) < 4.78 is 5.30. The van der Waals surface area contributed by atoms with E-state index in [1.54, 1.807) is 0 Å². The predicted molar refractivity (Wildman–Crippen MR) is 106 cm³/mol. The van der Waals surface area contributed by atoms with E-state index in [4.69, 9.17) is 9.84 Å². The van der Waals surface area contributed by atoms with Gasteiger partial charge in [-0.2, -0.15) is 0 Å². The van der Waals surface area contributed by atoms with Gasteiger partial charge in [0.1, 0.15) is 0 Å². The Morgan fingerprint density at radius 3 is 2.04 bits per heavy atom. The maximum absolute atomic E-state index is 11.6. The number of aliphatic hydroxyl groups excluding tert-OH is 1. The molecule has 0 aromatic carbocycles.